The summed E-state index contributed by atoms with van der Waals surface area (Å²) >= 11 is 5.72. The Morgan fingerprint density at radius 3 is 2.85 bits per heavy atom. The van der Waals surface area contributed by atoms with Crippen LogP contribution in [0, 0.1) is 5.82 Å². The molecule has 106 valence electrons. The van der Waals surface area contributed by atoms with Crippen LogP contribution in [0.1, 0.15) is 19.2 Å². The van der Waals surface area contributed by atoms with Gasteiger partial charge in [-0.1, -0.05) is 24.6 Å². The smallest absolute Gasteiger partial charge is 0.224 e. The van der Waals surface area contributed by atoms with Crippen LogP contribution in [0.4, 0.5) is 10.2 Å². The van der Waals surface area contributed by atoms with Gasteiger partial charge in [0, 0.05) is 19.5 Å². The molecule has 0 amide bonds. The predicted molar refractivity (Wildman–Crippen MR) is 77.1 cm³/mol. The van der Waals surface area contributed by atoms with Crippen molar-refractivity contribution in [3.8, 4) is 11.6 Å². The van der Waals surface area contributed by atoms with E-state index in [1.807, 2.05) is 6.92 Å². The van der Waals surface area contributed by atoms with E-state index in [0.29, 0.717) is 11.6 Å². The van der Waals surface area contributed by atoms with Crippen molar-refractivity contribution in [3.63, 3.8) is 0 Å². The number of aryl methyl sites for hydroxylation is 1. The van der Waals surface area contributed by atoms with Gasteiger partial charge in [-0.3, -0.25) is 0 Å². The van der Waals surface area contributed by atoms with E-state index < -0.39 is 5.82 Å². The summed E-state index contributed by atoms with van der Waals surface area (Å²) in [6.07, 6.45) is 1.64. The molecule has 0 saturated carbocycles. The number of hydrogen-bond donors (Lipinski definition) is 1. The van der Waals surface area contributed by atoms with Gasteiger partial charge in [-0.25, -0.2) is 9.37 Å². The topological polar surface area (TPSA) is 47.0 Å². The second-order valence-corrected chi connectivity index (χ2v) is 4.57. The van der Waals surface area contributed by atoms with Gasteiger partial charge in [-0.15, -0.1) is 0 Å². The number of hydrogen-bond acceptors (Lipinski definition) is 4. The maximum absolute atomic E-state index is 13.8. The molecule has 1 aromatic carbocycles. The summed E-state index contributed by atoms with van der Waals surface area (Å²) < 4.78 is 19.3. The first-order valence-corrected chi connectivity index (χ1v) is 6.69. The zero-order valence-corrected chi connectivity index (χ0v) is 12.0. The number of nitrogens with one attached hydrogen (secondary N) is 1. The van der Waals surface area contributed by atoms with Crippen LogP contribution in [0.15, 0.2) is 24.3 Å². The van der Waals surface area contributed by atoms with Crippen LogP contribution in [-0.4, -0.2) is 17.0 Å². The van der Waals surface area contributed by atoms with Gasteiger partial charge in [0.15, 0.2) is 11.6 Å². The van der Waals surface area contributed by atoms with Gasteiger partial charge >= 0.3 is 0 Å². The summed E-state index contributed by atoms with van der Waals surface area (Å²) in [5, 5.41) is 2.94. The van der Waals surface area contributed by atoms with Crippen molar-refractivity contribution in [2.45, 2.75) is 19.8 Å². The van der Waals surface area contributed by atoms with Crippen molar-refractivity contribution >= 4 is 17.4 Å². The molecule has 0 atom stereocenters. The lowest BCUT2D eigenvalue weighted by atomic mass is 10.3. The first kappa shape index (κ1) is 14.5. The maximum atomic E-state index is 13.8. The largest absolute Gasteiger partial charge is 0.436 e. The molecule has 0 aliphatic carbocycles. The molecule has 0 radical (unpaired) electrons. The molecule has 0 aliphatic rings. The molecular weight excluding hydrogens is 281 g/mol. The first-order valence-electron chi connectivity index (χ1n) is 6.31. The highest BCUT2D eigenvalue weighted by Gasteiger charge is 2.11. The number of anilines is 1. The highest BCUT2D eigenvalue weighted by Crippen LogP contribution is 2.28. The molecule has 0 aliphatic heterocycles. The number of halogens is 2. The molecule has 6 heteroatoms. The molecule has 4 nitrogen and oxygen atoms in total. The quantitative estimate of drug-likeness (QED) is 0.904. The number of ether oxygens (including phenoxy) is 1. The zero-order valence-electron chi connectivity index (χ0n) is 11.3. The van der Waals surface area contributed by atoms with Crippen LogP contribution in [0.2, 0.25) is 5.02 Å². The van der Waals surface area contributed by atoms with Crippen LogP contribution in [0.5, 0.6) is 11.6 Å². The van der Waals surface area contributed by atoms with Gasteiger partial charge in [-0.2, -0.15) is 4.98 Å². The average Bonchev–Trinajstić information content (AvgIpc) is 2.44. The highest BCUT2D eigenvalue weighted by molar-refractivity contribution is 6.30. The van der Waals surface area contributed by atoms with Crippen LogP contribution < -0.4 is 10.1 Å². The third kappa shape index (κ3) is 3.36. The first-order chi connectivity index (χ1) is 9.63. The molecule has 0 saturated heterocycles. The fraction of sp³-hybridized carbons (Fsp3) is 0.286. The van der Waals surface area contributed by atoms with E-state index in [1.54, 1.807) is 19.2 Å². The molecule has 2 aromatic rings. The minimum absolute atomic E-state index is 0.0131. The lowest BCUT2D eigenvalue weighted by Gasteiger charge is -2.09. The third-order valence-electron chi connectivity index (χ3n) is 2.61. The van der Waals surface area contributed by atoms with Crippen LogP contribution in [-0.2, 0) is 6.42 Å². The Morgan fingerprint density at radius 1 is 1.35 bits per heavy atom. The Bertz CT molecular complexity index is 607. The Labute approximate surface area is 122 Å². The van der Waals surface area contributed by atoms with Crippen LogP contribution >= 0.6 is 11.6 Å². The van der Waals surface area contributed by atoms with Gasteiger partial charge < -0.3 is 10.1 Å². The summed E-state index contributed by atoms with van der Waals surface area (Å²) in [7, 11) is 1.75. The average molecular weight is 296 g/mol. The molecule has 0 bridgehead atoms. The summed E-state index contributed by atoms with van der Waals surface area (Å²) in [5.41, 5.74) is 0. The van der Waals surface area contributed by atoms with E-state index >= 15 is 0 Å². The van der Waals surface area contributed by atoms with E-state index in [4.69, 9.17) is 16.3 Å². The van der Waals surface area contributed by atoms with Crippen molar-refractivity contribution < 1.29 is 9.13 Å². The van der Waals surface area contributed by atoms with Gasteiger partial charge in [0.2, 0.25) is 5.88 Å². The molecule has 2 rings (SSSR count). The Kier molecular flexibility index (Phi) is 4.74. The zero-order chi connectivity index (χ0) is 14.5. The van der Waals surface area contributed by atoms with Crippen molar-refractivity contribution in [2.75, 3.05) is 12.4 Å². The number of aromatic nitrogens is 2. The van der Waals surface area contributed by atoms with E-state index in [0.717, 1.165) is 12.8 Å². The minimum atomic E-state index is -0.601. The van der Waals surface area contributed by atoms with Crippen LogP contribution in [0.3, 0.4) is 0 Å². The van der Waals surface area contributed by atoms with Crippen molar-refractivity contribution in [1.29, 1.82) is 0 Å². The lowest BCUT2D eigenvalue weighted by Crippen LogP contribution is -2.02. The van der Waals surface area contributed by atoms with E-state index in [-0.39, 0.29) is 16.7 Å². The fourth-order valence-electron chi connectivity index (χ4n) is 1.66. The van der Waals surface area contributed by atoms with Gasteiger partial charge in [0.25, 0.3) is 0 Å². The molecule has 0 fully saturated rings. The summed E-state index contributed by atoms with van der Waals surface area (Å²) in [6, 6.07) is 6.19. The van der Waals surface area contributed by atoms with Crippen molar-refractivity contribution in [2.24, 2.45) is 0 Å². The van der Waals surface area contributed by atoms with E-state index in [2.05, 4.69) is 15.3 Å². The normalized spacial score (nSPS) is 10.4. The summed E-state index contributed by atoms with van der Waals surface area (Å²) in [5.74, 6) is 1.00. The molecule has 0 unspecified atom stereocenters. The Hall–Kier alpha value is -1.88. The van der Waals surface area contributed by atoms with Gasteiger partial charge in [-0.05, 0) is 18.6 Å². The Balaban J connectivity index is 2.32. The Morgan fingerprint density at radius 2 is 2.15 bits per heavy atom. The minimum Gasteiger partial charge on any atom is -0.436 e. The standard InChI is InChI=1S/C14H15ClFN3O/c1-3-5-11-18-12(17-2)8-13(19-11)20-10-7-4-6-9(15)14(10)16/h4,6-8H,3,5H2,1-2H3,(H,17,18,19). The number of nitrogens with zero attached hydrogens (tertiary/aromatic N) is 2. The number of rotatable bonds is 5. The van der Waals surface area contributed by atoms with Crippen molar-refractivity contribution in [1.82, 2.24) is 9.97 Å². The maximum Gasteiger partial charge on any atom is 0.224 e. The molecule has 1 aromatic heterocycles. The van der Waals surface area contributed by atoms with E-state index in [9.17, 15) is 4.39 Å². The fourth-order valence-corrected chi connectivity index (χ4v) is 1.83. The molecule has 0 spiro atoms. The second kappa shape index (κ2) is 6.52. The summed E-state index contributed by atoms with van der Waals surface area (Å²) in [6.45, 7) is 2.03. The second-order valence-electron chi connectivity index (χ2n) is 4.16. The van der Waals surface area contributed by atoms with Gasteiger partial charge in [0.05, 0.1) is 5.02 Å². The van der Waals surface area contributed by atoms with Crippen LogP contribution in [0.25, 0.3) is 0 Å². The summed E-state index contributed by atoms with van der Waals surface area (Å²) in [4.78, 5) is 8.56. The highest BCUT2D eigenvalue weighted by atomic mass is 35.5. The molecular formula is C14H15ClFN3O. The van der Waals surface area contributed by atoms with E-state index in [1.165, 1.54) is 12.1 Å². The molecule has 1 N–H and O–H groups in total. The predicted octanol–water partition coefficient (Wildman–Crippen LogP) is 4.06. The van der Waals surface area contributed by atoms with Gasteiger partial charge in [0.1, 0.15) is 11.6 Å². The number of benzene rings is 1. The van der Waals surface area contributed by atoms with Crippen molar-refractivity contribution in [3.05, 3.63) is 40.9 Å². The monoisotopic (exact) mass is 295 g/mol. The molecule has 20 heavy (non-hydrogen) atoms. The SMILES string of the molecule is CCCc1nc(NC)cc(Oc2cccc(Cl)c2F)n1. The third-order valence-corrected chi connectivity index (χ3v) is 2.90. The molecule has 1 heterocycles. The lowest BCUT2D eigenvalue weighted by molar-refractivity contribution is 0.425.